The topological polar surface area (TPSA) is 118 Å². The zero-order valence-corrected chi connectivity index (χ0v) is 19.7. The average molecular weight is 475 g/mol. The predicted octanol–water partition coefficient (Wildman–Crippen LogP) is 3.54. The van der Waals surface area contributed by atoms with Gasteiger partial charge in [0.1, 0.15) is 17.6 Å². The Hall–Kier alpha value is -4.32. The van der Waals surface area contributed by atoms with Gasteiger partial charge in [-0.3, -0.25) is 9.59 Å². The number of benzene rings is 1. The van der Waals surface area contributed by atoms with Crippen LogP contribution in [-0.2, 0) is 27.4 Å². The van der Waals surface area contributed by atoms with Crippen molar-refractivity contribution >= 4 is 23.6 Å². The Morgan fingerprint density at radius 3 is 2.71 bits per heavy atom. The van der Waals surface area contributed by atoms with Crippen molar-refractivity contribution in [3.8, 4) is 6.07 Å². The first kappa shape index (κ1) is 23.8. The third-order valence-electron chi connectivity index (χ3n) is 6.13. The van der Waals surface area contributed by atoms with Crippen LogP contribution in [0.1, 0.15) is 51.3 Å². The number of carbonyl (C=O) groups excluding carboxylic acids is 3. The Morgan fingerprint density at radius 2 is 2.03 bits per heavy atom. The number of rotatable bonds is 8. The smallest absolute Gasteiger partial charge is 0.338 e. The second kappa shape index (κ2) is 10.3. The number of amides is 2. The summed E-state index contributed by atoms with van der Waals surface area (Å²) in [5.74, 6) is -0.101. The molecule has 1 saturated heterocycles. The molecule has 35 heavy (non-hydrogen) atoms. The molecule has 1 aliphatic heterocycles. The van der Waals surface area contributed by atoms with Crippen molar-refractivity contribution in [1.29, 1.82) is 5.26 Å². The summed E-state index contributed by atoms with van der Waals surface area (Å²) in [4.78, 5) is 38.8. The lowest BCUT2D eigenvalue weighted by Crippen LogP contribution is -2.24. The van der Waals surface area contributed by atoms with Crippen molar-refractivity contribution in [1.82, 2.24) is 9.47 Å². The molecule has 9 heteroatoms. The molecule has 0 saturated carbocycles. The lowest BCUT2D eigenvalue weighted by molar-refractivity contribution is -0.128. The van der Waals surface area contributed by atoms with Gasteiger partial charge in [-0.15, -0.1) is 0 Å². The predicted molar refractivity (Wildman–Crippen MR) is 126 cm³/mol. The minimum absolute atomic E-state index is 0.105. The van der Waals surface area contributed by atoms with E-state index in [4.69, 9.17) is 9.15 Å². The number of nitrogens with zero attached hydrogens (tertiary/aromatic N) is 3. The highest BCUT2D eigenvalue weighted by atomic mass is 16.5. The molecule has 2 aromatic heterocycles. The fraction of sp³-hybridized carbons (Fsp3) is 0.308. The number of aromatic nitrogens is 1. The highest BCUT2D eigenvalue weighted by Gasteiger charge is 2.22. The Bertz CT molecular complexity index is 1300. The number of hydrogen-bond donors (Lipinski definition) is 1. The minimum Gasteiger partial charge on any atom is -0.467 e. The van der Waals surface area contributed by atoms with Crippen molar-refractivity contribution < 1.29 is 23.5 Å². The molecule has 0 aliphatic carbocycles. The number of likely N-dealkylation sites (tertiary alicyclic amines) is 1. The van der Waals surface area contributed by atoms with Crippen molar-refractivity contribution in [2.75, 3.05) is 18.5 Å². The van der Waals surface area contributed by atoms with Gasteiger partial charge >= 0.3 is 5.97 Å². The van der Waals surface area contributed by atoms with E-state index >= 15 is 0 Å². The van der Waals surface area contributed by atoms with Crippen LogP contribution in [0.15, 0.2) is 47.1 Å². The minimum atomic E-state index is -0.645. The van der Waals surface area contributed by atoms with E-state index in [2.05, 4.69) is 11.4 Å². The molecule has 4 rings (SSSR count). The molecule has 1 aliphatic rings. The van der Waals surface area contributed by atoms with Gasteiger partial charge < -0.3 is 23.9 Å². The van der Waals surface area contributed by atoms with Gasteiger partial charge in [0, 0.05) is 25.2 Å². The van der Waals surface area contributed by atoms with Crippen LogP contribution in [0.5, 0.6) is 0 Å². The highest BCUT2D eigenvalue weighted by molar-refractivity contribution is 5.96. The molecule has 1 aromatic carbocycles. The first-order valence-electron chi connectivity index (χ1n) is 11.3. The van der Waals surface area contributed by atoms with Crippen LogP contribution < -0.4 is 5.32 Å². The van der Waals surface area contributed by atoms with Crippen LogP contribution in [0.25, 0.3) is 0 Å². The van der Waals surface area contributed by atoms with Gasteiger partial charge in [-0.25, -0.2) is 4.79 Å². The third kappa shape index (κ3) is 5.27. The second-order valence-electron chi connectivity index (χ2n) is 8.45. The number of hydrogen-bond acceptors (Lipinski definition) is 6. The first-order chi connectivity index (χ1) is 16.9. The number of anilines is 1. The highest BCUT2D eigenvalue weighted by Crippen LogP contribution is 2.27. The molecule has 9 nitrogen and oxygen atoms in total. The summed E-state index contributed by atoms with van der Waals surface area (Å²) in [6, 6.07) is 12.5. The normalized spacial score (nSPS) is 13.1. The van der Waals surface area contributed by atoms with E-state index < -0.39 is 18.5 Å². The summed E-state index contributed by atoms with van der Waals surface area (Å²) in [5, 5.41) is 12.4. The van der Waals surface area contributed by atoms with Gasteiger partial charge in [0.05, 0.1) is 23.9 Å². The largest absolute Gasteiger partial charge is 0.467 e. The third-order valence-corrected chi connectivity index (χ3v) is 6.13. The van der Waals surface area contributed by atoms with Gasteiger partial charge in [-0.2, -0.15) is 5.26 Å². The molecule has 3 aromatic rings. The van der Waals surface area contributed by atoms with Crippen LogP contribution in [0.2, 0.25) is 0 Å². The van der Waals surface area contributed by atoms with Crippen LogP contribution in [-0.4, -0.2) is 40.4 Å². The Morgan fingerprint density at radius 1 is 1.20 bits per heavy atom. The number of ether oxygens (including phenoxy) is 1. The van der Waals surface area contributed by atoms with E-state index in [1.54, 1.807) is 40.0 Å². The fourth-order valence-corrected chi connectivity index (χ4v) is 4.16. The molecule has 0 spiro atoms. The lowest BCUT2D eigenvalue weighted by Gasteiger charge is -2.16. The Balaban J connectivity index is 1.41. The Labute approximate surface area is 202 Å². The van der Waals surface area contributed by atoms with Gasteiger partial charge in [0.2, 0.25) is 5.91 Å². The lowest BCUT2D eigenvalue weighted by atomic mass is 10.1. The summed E-state index contributed by atoms with van der Waals surface area (Å²) < 4.78 is 12.4. The quantitative estimate of drug-likeness (QED) is 0.499. The van der Waals surface area contributed by atoms with Crippen molar-refractivity contribution in [2.45, 2.75) is 39.8 Å². The van der Waals surface area contributed by atoms with Crippen LogP contribution in [0.3, 0.4) is 0 Å². The molecule has 0 bridgehead atoms. The number of nitriles is 1. The summed E-state index contributed by atoms with van der Waals surface area (Å²) in [6.07, 6.45) is 2.95. The zero-order valence-electron chi connectivity index (χ0n) is 19.7. The van der Waals surface area contributed by atoms with Crippen LogP contribution >= 0.6 is 0 Å². The number of carbonyl (C=O) groups is 3. The first-order valence-corrected chi connectivity index (χ1v) is 11.3. The molecule has 3 heterocycles. The molecule has 0 radical (unpaired) electrons. The second-order valence-corrected chi connectivity index (χ2v) is 8.45. The Kier molecular flexibility index (Phi) is 7.01. The van der Waals surface area contributed by atoms with Crippen LogP contribution in [0.4, 0.5) is 5.82 Å². The maximum Gasteiger partial charge on any atom is 0.338 e. The molecular formula is C26H26N4O5. The molecule has 1 fully saturated rings. The van der Waals surface area contributed by atoms with E-state index in [0.29, 0.717) is 48.8 Å². The van der Waals surface area contributed by atoms with Crippen LogP contribution in [0, 0.1) is 25.2 Å². The van der Waals surface area contributed by atoms with E-state index in [0.717, 1.165) is 23.2 Å². The average Bonchev–Trinajstić information content (AvgIpc) is 3.56. The fourth-order valence-electron chi connectivity index (χ4n) is 4.16. The van der Waals surface area contributed by atoms with E-state index in [9.17, 15) is 19.6 Å². The van der Waals surface area contributed by atoms with Crippen molar-refractivity contribution in [3.05, 3.63) is 76.4 Å². The van der Waals surface area contributed by atoms with E-state index in [-0.39, 0.29) is 5.91 Å². The SMILES string of the molecule is Cc1c(C#N)c(NC(=O)COC(=O)c2cccc(CN3CCCC3=O)c2)n(Cc2ccco2)c1C. The molecule has 2 amide bonds. The van der Waals surface area contributed by atoms with Gasteiger partial charge in [-0.05, 0) is 55.7 Å². The van der Waals surface area contributed by atoms with Gasteiger partial charge in [0.15, 0.2) is 6.61 Å². The molecule has 180 valence electrons. The maximum atomic E-state index is 12.6. The maximum absolute atomic E-state index is 12.6. The molecule has 0 unspecified atom stereocenters. The summed E-state index contributed by atoms with van der Waals surface area (Å²) in [6.45, 7) is 4.63. The summed E-state index contributed by atoms with van der Waals surface area (Å²) in [7, 11) is 0. The number of nitrogens with one attached hydrogen (secondary N) is 1. The van der Waals surface area contributed by atoms with Crippen molar-refractivity contribution in [2.24, 2.45) is 0 Å². The zero-order chi connectivity index (χ0) is 24.9. The summed E-state index contributed by atoms with van der Waals surface area (Å²) in [5.41, 5.74) is 3.03. The van der Waals surface area contributed by atoms with Crippen molar-refractivity contribution in [3.63, 3.8) is 0 Å². The summed E-state index contributed by atoms with van der Waals surface area (Å²) >= 11 is 0. The van der Waals surface area contributed by atoms with E-state index in [1.165, 1.54) is 0 Å². The van der Waals surface area contributed by atoms with Gasteiger partial charge in [-0.1, -0.05) is 12.1 Å². The van der Waals surface area contributed by atoms with E-state index in [1.807, 2.05) is 26.0 Å². The van der Waals surface area contributed by atoms with Gasteiger partial charge in [0.25, 0.3) is 5.91 Å². The monoisotopic (exact) mass is 474 g/mol. The standard InChI is InChI=1S/C26H26N4O5/c1-17-18(2)30(15-21-8-5-11-34-21)25(22(17)13-27)28-23(31)16-35-26(33)20-7-3-6-19(12-20)14-29-10-4-9-24(29)32/h3,5-8,11-12H,4,9-10,14-16H2,1-2H3,(H,28,31). The number of furan rings is 1. The molecular weight excluding hydrogens is 448 g/mol. The molecule has 0 atom stereocenters. The number of esters is 1. The molecule has 1 N–H and O–H groups in total.